The van der Waals surface area contributed by atoms with Gasteiger partial charge in [-0.3, -0.25) is 28.8 Å². The van der Waals surface area contributed by atoms with Gasteiger partial charge in [-0.15, -0.1) is 0 Å². The standard InChI is InChI=1S/C40H46N6O6/c1-25(2)35(36(48)40(52)41-24-34(47)46-21-19-45(4)20-22-46)44-37(49)26(3)42-39(51)33(23-29-15-9-13-27-11-5-7-16-30(27)29)43-38(50)32-18-10-14-28-12-6-8-17-31(28)32/h5-18,25-26,33,35H,19-24H2,1-4H3,(H,41,52)(H,42,51)(H,43,50)(H,44,49). The Hall–Kier alpha value is -5.62. The smallest absolute Gasteiger partial charge is 0.290 e. The normalized spacial score (nSPS) is 15.1. The molecule has 1 aliphatic rings. The van der Waals surface area contributed by atoms with Crippen LogP contribution in [-0.2, 0) is 30.4 Å². The first-order valence-electron chi connectivity index (χ1n) is 17.6. The van der Waals surface area contributed by atoms with Gasteiger partial charge < -0.3 is 31.1 Å². The number of rotatable bonds is 13. The van der Waals surface area contributed by atoms with Gasteiger partial charge in [0, 0.05) is 38.2 Å². The molecule has 0 radical (unpaired) electrons. The molecule has 12 heteroatoms. The zero-order chi connectivity index (χ0) is 37.4. The Balaban J connectivity index is 1.27. The molecule has 52 heavy (non-hydrogen) atoms. The van der Waals surface area contributed by atoms with E-state index < -0.39 is 53.5 Å². The van der Waals surface area contributed by atoms with E-state index in [1.807, 2.05) is 79.8 Å². The molecule has 0 aliphatic carbocycles. The molecule has 1 saturated heterocycles. The van der Waals surface area contributed by atoms with Crippen molar-refractivity contribution in [1.29, 1.82) is 0 Å². The number of nitrogens with one attached hydrogen (secondary N) is 4. The molecule has 0 spiro atoms. The van der Waals surface area contributed by atoms with Gasteiger partial charge in [-0.2, -0.15) is 0 Å². The third kappa shape index (κ3) is 9.18. The number of nitrogens with zero attached hydrogens (tertiary/aromatic N) is 2. The van der Waals surface area contributed by atoms with Gasteiger partial charge in [0.05, 0.1) is 12.6 Å². The van der Waals surface area contributed by atoms with Crippen molar-refractivity contribution in [3.8, 4) is 0 Å². The number of Topliss-reactive ketones (excluding diaryl/α,β-unsaturated/α-hetero) is 1. The van der Waals surface area contributed by atoms with Gasteiger partial charge in [0.1, 0.15) is 12.1 Å². The maximum Gasteiger partial charge on any atom is 0.290 e. The number of piperazine rings is 1. The summed E-state index contributed by atoms with van der Waals surface area (Å²) >= 11 is 0. The second-order valence-corrected chi connectivity index (χ2v) is 13.6. The third-order valence-corrected chi connectivity index (χ3v) is 9.44. The molecule has 1 fully saturated rings. The highest BCUT2D eigenvalue weighted by atomic mass is 16.2. The molecule has 3 unspecified atom stereocenters. The van der Waals surface area contributed by atoms with E-state index in [2.05, 4.69) is 26.2 Å². The maximum absolute atomic E-state index is 13.9. The number of hydrogen-bond acceptors (Lipinski definition) is 7. The quantitative estimate of drug-likeness (QED) is 0.156. The fourth-order valence-electron chi connectivity index (χ4n) is 6.30. The van der Waals surface area contributed by atoms with Gasteiger partial charge in [-0.1, -0.05) is 92.7 Å². The summed E-state index contributed by atoms with van der Waals surface area (Å²) in [6.45, 7) is 6.99. The zero-order valence-corrected chi connectivity index (χ0v) is 30.0. The number of amides is 5. The van der Waals surface area contributed by atoms with Crippen LogP contribution in [0.1, 0.15) is 36.7 Å². The summed E-state index contributed by atoms with van der Waals surface area (Å²) in [4.78, 5) is 83.4. The summed E-state index contributed by atoms with van der Waals surface area (Å²) < 4.78 is 0. The number of fused-ring (bicyclic) bond motifs is 2. The van der Waals surface area contributed by atoms with Crippen LogP contribution in [0, 0.1) is 5.92 Å². The molecule has 1 heterocycles. The Morgan fingerprint density at radius 1 is 0.673 bits per heavy atom. The van der Waals surface area contributed by atoms with Crippen LogP contribution < -0.4 is 21.3 Å². The Morgan fingerprint density at radius 2 is 1.27 bits per heavy atom. The van der Waals surface area contributed by atoms with Gasteiger partial charge >= 0.3 is 0 Å². The van der Waals surface area contributed by atoms with Crippen molar-refractivity contribution in [2.24, 2.45) is 5.92 Å². The second-order valence-electron chi connectivity index (χ2n) is 13.6. The molecule has 1 aliphatic heterocycles. The molecule has 4 aromatic carbocycles. The van der Waals surface area contributed by atoms with E-state index in [0.29, 0.717) is 18.7 Å². The largest absolute Gasteiger partial charge is 0.344 e. The van der Waals surface area contributed by atoms with E-state index in [1.165, 1.54) is 6.92 Å². The molecular weight excluding hydrogens is 660 g/mol. The Bertz CT molecular complexity index is 1960. The first kappa shape index (κ1) is 37.6. The Labute approximate surface area is 303 Å². The first-order chi connectivity index (χ1) is 24.9. The summed E-state index contributed by atoms with van der Waals surface area (Å²) in [5.74, 6) is -4.38. The molecule has 5 rings (SSSR count). The average molecular weight is 707 g/mol. The highest BCUT2D eigenvalue weighted by Gasteiger charge is 2.33. The lowest BCUT2D eigenvalue weighted by Gasteiger charge is -2.32. The summed E-state index contributed by atoms with van der Waals surface area (Å²) in [6, 6.07) is 22.9. The molecule has 3 atom stereocenters. The highest BCUT2D eigenvalue weighted by molar-refractivity contribution is 6.38. The zero-order valence-electron chi connectivity index (χ0n) is 30.0. The van der Waals surface area contributed by atoms with E-state index in [9.17, 15) is 28.8 Å². The third-order valence-electron chi connectivity index (χ3n) is 9.44. The molecule has 5 amide bonds. The predicted molar refractivity (Wildman–Crippen MR) is 199 cm³/mol. The van der Waals surface area contributed by atoms with Crippen LogP contribution in [0.4, 0.5) is 0 Å². The lowest BCUT2D eigenvalue weighted by molar-refractivity contribution is -0.142. The van der Waals surface area contributed by atoms with Gasteiger partial charge in [-0.25, -0.2) is 0 Å². The van der Waals surface area contributed by atoms with E-state index in [1.54, 1.807) is 30.9 Å². The fraction of sp³-hybridized carbons (Fsp3) is 0.350. The van der Waals surface area contributed by atoms with Gasteiger partial charge in [0.2, 0.25) is 23.5 Å². The number of carbonyl (C=O) groups is 6. The minimum Gasteiger partial charge on any atom is -0.344 e. The van der Waals surface area contributed by atoms with Crippen LogP contribution >= 0.6 is 0 Å². The molecule has 12 nitrogen and oxygen atoms in total. The molecule has 4 aromatic rings. The van der Waals surface area contributed by atoms with Crippen LogP contribution in [0.3, 0.4) is 0 Å². The summed E-state index contributed by atoms with van der Waals surface area (Å²) in [5.41, 5.74) is 1.23. The number of carbonyl (C=O) groups excluding carboxylic acids is 6. The van der Waals surface area contributed by atoms with E-state index >= 15 is 0 Å². The van der Waals surface area contributed by atoms with Crippen LogP contribution in [0.2, 0.25) is 0 Å². The Morgan fingerprint density at radius 3 is 1.94 bits per heavy atom. The van der Waals surface area contributed by atoms with E-state index in [-0.39, 0.29) is 18.9 Å². The highest BCUT2D eigenvalue weighted by Crippen LogP contribution is 2.22. The Kier molecular flexibility index (Phi) is 12.3. The van der Waals surface area contributed by atoms with Crippen LogP contribution in [0.5, 0.6) is 0 Å². The first-order valence-corrected chi connectivity index (χ1v) is 17.6. The molecule has 4 N–H and O–H groups in total. The number of ketones is 1. The lowest BCUT2D eigenvalue weighted by atomic mass is 9.97. The van der Waals surface area contributed by atoms with Gasteiger partial charge in [-0.05, 0) is 53.1 Å². The number of likely N-dealkylation sites (N-methyl/N-ethyl adjacent to an activating group) is 1. The van der Waals surface area contributed by atoms with Crippen LogP contribution in [0.25, 0.3) is 21.5 Å². The lowest BCUT2D eigenvalue weighted by Crippen LogP contribution is -2.57. The van der Waals surface area contributed by atoms with Crippen molar-refractivity contribution in [3.63, 3.8) is 0 Å². The minimum atomic E-state index is -1.21. The number of hydrogen-bond donors (Lipinski definition) is 4. The van der Waals surface area contributed by atoms with Crippen molar-refractivity contribution in [2.75, 3.05) is 39.8 Å². The predicted octanol–water partition coefficient (Wildman–Crippen LogP) is 2.44. The number of benzene rings is 4. The molecule has 0 saturated carbocycles. The SMILES string of the molecule is CC(NC(=O)C(Cc1cccc2ccccc12)NC(=O)c1cccc2ccccc12)C(=O)NC(C(=O)C(=O)NCC(=O)N1CCN(C)CC1)C(C)C. The van der Waals surface area contributed by atoms with E-state index in [4.69, 9.17) is 0 Å². The minimum absolute atomic E-state index is 0.137. The average Bonchev–Trinajstić information content (AvgIpc) is 3.15. The molecule has 0 aromatic heterocycles. The summed E-state index contributed by atoms with van der Waals surface area (Å²) in [7, 11) is 1.96. The van der Waals surface area contributed by atoms with E-state index in [0.717, 1.165) is 40.2 Å². The topological polar surface area (TPSA) is 157 Å². The van der Waals surface area contributed by atoms with Crippen molar-refractivity contribution in [3.05, 3.63) is 96.1 Å². The van der Waals surface area contributed by atoms with Crippen molar-refractivity contribution in [1.82, 2.24) is 31.1 Å². The van der Waals surface area contributed by atoms with Crippen molar-refractivity contribution >= 4 is 56.9 Å². The monoisotopic (exact) mass is 706 g/mol. The van der Waals surface area contributed by atoms with Crippen molar-refractivity contribution < 1.29 is 28.8 Å². The van der Waals surface area contributed by atoms with Gasteiger partial charge in [0.15, 0.2) is 0 Å². The molecular formula is C40H46N6O6. The fourth-order valence-corrected chi connectivity index (χ4v) is 6.30. The maximum atomic E-state index is 13.9. The second kappa shape index (κ2) is 17.1. The molecule has 272 valence electrons. The summed E-state index contributed by atoms with van der Waals surface area (Å²) in [5, 5.41) is 14.1. The van der Waals surface area contributed by atoms with Gasteiger partial charge in [0.25, 0.3) is 11.8 Å². The van der Waals surface area contributed by atoms with Crippen LogP contribution in [0.15, 0.2) is 84.9 Å². The summed E-state index contributed by atoms with van der Waals surface area (Å²) in [6.07, 6.45) is 0.137. The van der Waals surface area contributed by atoms with Crippen molar-refractivity contribution in [2.45, 2.75) is 45.3 Å². The molecule has 0 bridgehead atoms. The van der Waals surface area contributed by atoms with Crippen LogP contribution in [-0.4, -0.2) is 103 Å².